The summed E-state index contributed by atoms with van der Waals surface area (Å²) in [6.45, 7) is 4.40. The van der Waals surface area contributed by atoms with Gasteiger partial charge in [0, 0.05) is 11.6 Å². The van der Waals surface area contributed by atoms with Crippen LogP contribution in [0.2, 0.25) is 0 Å². The van der Waals surface area contributed by atoms with Crippen molar-refractivity contribution in [1.82, 2.24) is 4.90 Å². The van der Waals surface area contributed by atoms with Gasteiger partial charge in [-0.15, -0.1) is 0 Å². The highest BCUT2D eigenvalue weighted by Gasteiger charge is 2.18. The van der Waals surface area contributed by atoms with Gasteiger partial charge in [-0.1, -0.05) is 26.0 Å². The van der Waals surface area contributed by atoms with E-state index in [1.54, 1.807) is 7.11 Å². The maximum absolute atomic E-state index is 5.56. The van der Waals surface area contributed by atoms with Crippen LogP contribution in [-0.4, -0.2) is 31.9 Å². The number of hydrogen-bond donors (Lipinski definition) is 1. The van der Waals surface area contributed by atoms with Crippen LogP contribution in [0.25, 0.3) is 0 Å². The van der Waals surface area contributed by atoms with E-state index in [0.717, 1.165) is 17.9 Å². The molecule has 0 aliphatic heterocycles. The number of benzene rings is 1. The summed E-state index contributed by atoms with van der Waals surface area (Å²) < 4.78 is 5.56. The van der Waals surface area contributed by atoms with Crippen molar-refractivity contribution in [1.29, 1.82) is 0 Å². The van der Waals surface area contributed by atoms with Crippen LogP contribution >= 0.6 is 12.6 Å². The number of thiol groups is 1. The van der Waals surface area contributed by atoms with E-state index in [4.69, 9.17) is 4.74 Å². The van der Waals surface area contributed by atoms with E-state index in [2.05, 4.69) is 63.7 Å². The van der Waals surface area contributed by atoms with Crippen molar-refractivity contribution in [2.45, 2.75) is 32.2 Å². The smallest absolute Gasteiger partial charge is 0.123 e. The quantitative estimate of drug-likeness (QED) is 0.788. The number of ether oxygens (including phenoxy) is 1. The lowest BCUT2D eigenvalue weighted by Crippen LogP contribution is -2.21. The Labute approximate surface area is 117 Å². The lowest BCUT2D eigenvalue weighted by Gasteiger charge is -2.26. The highest BCUT2D eigenvalue weighted by atomic mass is 32.1. The lowest BCUT2D eigenvalue weighted by atomic mass is 9.96. The Morgan fingerprint density at radius 1 is 1.28 bits per heavy atom. The van der Waals surface area contributed by atoms with E-state index in [-0.39, 0.29) is 0 Å². The zero-order chi connectivity index (χ0) is 13.7. The van der Waals surface area contributed by atoms with Crippen LogP contribution in [0.5, 0.6) is 5.75 Å². The fourth-order valence-corrected chi connectivity index (χ4v) is 2.42. The number of rotatable bonds is 6. The zero-order valence-corrected chi connectivity index (χ0v) is 13.0. The highest BCUT2D eigenvalue weighted by molar-refractivity contribution is 7.80. The van der Waals surface area contributed by atoms with E-state index in [0.29, 0.717) is 12.0 Å². The third kappa shape index (κ3) is 3.66. The number of methoxy groups -OCH3 is 1. The Morgan fingerprint density at radius 2 is 1.94 bits per heavy atom. The summed E-state index contributed by atoms with van der Waals surface area (Å²) in [4.78, 5) is 2.23. The van der Waals surface area contributed by atoms with E-state index in [1.165, 1.54) is 11.1 Å². The van der Waals surface area contributed by atoms with Gasteiger partial charge in [0.25, 0.3) is 0 Å². The molecule has 3 heteroatoms. The summed E-state index contributed by atoms with van der Waals surface area (Å²) in [7, 11) is 5.95. The summed E-state index contributed by atoms with van der Waals surface area (Å²) in [6.07, 6.45) is 1.02. The van der Waals surface area contributed by atoms with Gasteiger partial charge in [0.1, 0.15) is 5.75 Å². The van der Waals surface area contributed by atoms with Crippen molar-refractivity contribution < 1.29 is 4.74 Å². The average molecular weight is 267 g/mol. The average Bonchev–Trinajstić information content (AvgIpc) is 2.34. The van der Waals surface area contributed by atoms with Gasteiger partial charge in [0.2, 0.25) is 0 Å². The summed E-state index contributed by atoms with van der Waals surface area (Å²) in [5.41, 5.74) is 2.57. The molecule has 1 atom stereocenters. The molecule has 0 aromatic heterocycles. The molecule has 1 unspecified atom stereocenters. The van der Waals surface area contributed by atoms with Gasteiger partial charge in [0.05, 0.1) is 7.11 Å². The molecule has 102 valence electrons. The van der Waals surface area contributed by atoms with Gasteiger partial charge in [-0.05, 0) is 43.8 Å². The predicted molar refractivity (Wildman–Crippen MR) is 82.0 cm³/mol. The molecule has 0 spiro atoms. The highest BCUT2D eigenvalue weighted by Crippen LogP contribution is 2.33. The van der Waals surface area contributed by atoms with Gasteiger partial charge in [-0.3, -0.25) is 0 Å². The van der Waals surface area contributed by atoms with Crippen LogP contribution in [0.1, 0.15) is 43.4 Å². The standard InChI is InChI=1S/C15H25NOS/c1-11(2)12-6-7-13(15(10-12)17-5)14(8-9-18)16(3)4/h6-7,10-11,14,18H,8-9H2,1-5H3. The molecule has 0 saturated heterocycles. The molecule has 0 aliphatic rings. The molecule has 0 amide bonds. The normalized spacial score (nSPS) is 13.1. The summed E-state index contributed by atoms with van der Waals surface area (Å²) in [6, 6.07) is 6.92. The Bertz CT molecular complexity index is 377. The second-order valence-electron chi connectivity index (χ2n) is 5.15. The van der Waals surface area contributed by atoms with Crippen LogP contribution in [0.15, 0.2) is 18.2 Å². The fraction of sp³-hybridized carbons (Fsp3) is 0.600. The van der Waals surface area contributed by atoms with Gasteiger partial charge >= 0.3 is 0 Å². The first-order chi connectivity index (χ1) is 8.51. The molecule has 1 aromatic carbocycles. The molecule has 1 aromatic rings. The van der Waals surface area contributed by atoms with Gasteiger partial charge in [0.15, 0.2) is 0 Å². The van der Waals surface area contributed by atoms with Crippen molar-refractivity contribution in [3.05, 3.63) is 29.3 Å². The summed E-state index contributed by atoms with van der Waals surface area (Å²) in [5.74, 6) is 2.38. The second kappa shape index (κ2) is 7.05. The maximum Gasteiger partial charge on any atom is 0.123 e. The summed E-state index contributed by atoms with van der Waals surface area (Å²) >= 11 is 4.35. The Hall–Kier alpha value is -0.670. The number of nitrogens with zero attached hydrogens (tertiary/aromatic N) is 1. The van der Waals surface area contributed by atoms with Crippen molar-refractivity contribution in [2.75, 3.05) is 27.0 Å². The van der Waals surface area contributed by atoms with Crippen LogP contribution in [0.4, 0.5) is 0 Å². The van der Waals surface area contributed by atoms with Crippen LogP contribution in [-0.2, 0) is 0 Å². The van der Waals surface area contributed by atoms with Crippen molar-refractivity contribution in [3.63, 3.8) is 0 Å². The molecule has 0 aliphatic carbocycles. The minimum atomic E-state index is 0.360. The van der Waals surface area contributed by atoms with Gasteiger partial charge < -0.3 is 9.64 Å². The Balaban J connectivity index is 3.13. The molecule has 18 heavy (non-hydrogen) atoms. The Kier molecular flexibility index (Phi) is 6.03. The lowest BCUT2D eigenvalue weighted by molar-refractivity contribution is 0.283. The SMILES string of the molecule is COc1cc(C(C)C)ccc1C(CCS)N(C)C. The molecule has 0 heterocycles. The molecule has 0 bridgehead atoms. The largest absolute Gasteiger partial charge is 0.496 e. The van der Waals surface area contributed by atoms with Gasteiger partial charge in [-0.25, -0.2) is 0 Å². The molecular formula is C15H25NOS. The van der Waals surface area contributed by atoms with Crippen molar-refractivity contribution in [3.8, 4) is 5.75 Å². The topological polar surface area (TPSA) is 12.5 Å². The van der Waals surface area contributed by atoms with Crippen molar-refractivity contribution >= 4 is 12.6 Å². The third-order valence-corrected chi connectivity index (χ3v) is 3.57. The fourth-order valence-electron chi connectivity index (χ4n) is 2.18. The molecule has 0 radical (unpaired) electrons. The van der Waals surface area contributed by atoms with Crippen molar-refractivity contribution in [2.24, 2.45) is 0 Å². The predicted octanol–water partition coefficient (Wildman–Crippen LogP) is 3.74. The molecule has 0 fully saturated rings. The maximum atomic E-state index is 5.56. The molecule has 0 N–H and O–H groups in total. The van der Waals surface area contributed by atoms with E-state index in [1.807, 2.05) is 0 Å². The van der Waals surface area contributed by atoms with Crippen LogP contribution in [0.3, 0.4) is 0 Å². The van der Waals surface area contributed by atoms with E-state index in [9.17, 15) is 0 Å². The molecule has 1 rings (SSSR count). The first-order valence-electron chi connectivity index (χ1n) is 6.46. The minimum absolute atomic E-state index is 0.360. The van der Waals surface area contributed by atoms with Crippen LogP contribution in [0, 0.1) is 0 Å². The molecule has 2 nitrogen and oxygen atoms in total. The minimum Gasteiger partial charge on any atom is -0.496 e. The number of hydrogen-bond acceptors (Lipinski definition) is 3. The monoisotopic (exact) mass is 267 g/mol. The van der Waals surface area contributed by atoms with E-state index < -0.39 is 0 Å². The molecular weight excluding hydrogens is 242 g/mol. The zero-order valence-electron chi connectivity index (χ0n) is 12.1. The first kappa shape index (κ1) is 15.4. The Morgan fingerprint density at radius 3 is 2.39 bits per heavy atom. The third-order valence-electron chi connectivity index (χ3n) is 3.31. The summed E-state index contributed by atoms with van der Waals surface area (Å²) in [5, 5.41) is 0. The first-order valence-corrected chi connectivity index (χ1v) is 7.09. The van der Waals surface area contributed by atoms with Crippen LogP contribution < -0.4 is 4.74 Å². The molecule has 0 saturated carbocycles. The van der Waals surface area contributed by atoms with E-state index >= 15 is 0 Å². The van der Waals surface area contributed by atoms with Gasteiger partial charge in [-0.2, -0.15) is 12.6 Å². The second-order valence-corrected chi connectivity index (χ2v) is 5.59.